The van der Waals surface area contributed by atoms with E-state index in [0.717, 1.165) is 0 Å². The average Bonchev–Trinajstić information content (AvgIpc) is 3.13. The summed E-state index contributed by atoms with van der Waals surface area (Å²) in [4.78, 5) is 27.1. The Balaban J connectivity index is 1.45. The summed E-state index contributed by atoms with van der Waals surface area (Å²) in [6.45, 7) is -0.222. The fourth-order valence-electron chi connectivity index (χ4n) is 3.23. The number of carbonyl (C=O) groups is 2. The third kappa shape index (κ3) is 6.14. The first-order chi connectivity index (χ1) is 17.2. The van der Waals surface area contributed by atoms with Crippen molar-refractivity contribution in [2.45, 2.75) is 0 Å². The van der Waals surface area contributed by atoms with Crippen molar-refractivity contribution in [3.63, 3.8) is 0 Å². The molecule has 3 aromatic carbocycles. The first-order valence-electron chi connectivity index (χ1n) is 10.3. The third-order valence-electron chi connectivity index (χ3n) is 4.93. The minimum atomic E-state index is -0.338. The average molecular weight is 580 g/mol. The lowest BCUT2D eigenvalue weighted by Crippen LogP contribution is -2.27. The van der Waals surface area contributed by atoms with Crippen LogP contribution < -0.4 is 19.7 Å². The number of benzene rings is 3. The van der Waals surface area contributed by atoms with E-state index in [4.69, 9.17) is 56.5 Å². The second kappa shape index (κ2) is 11.5. The highest BCUT2D eigenvalue weighted by molar-refractivity contribution is 8.27. The first-order valence-corrected chi connectivity index (χ1v) is 12.7. The predicted octanol–water partition coefficient (Wildman–Crippen LogP) is 7.08. The Morgan fingerprint density at radius 1 is 1.03 bits per heavy atom. The molecule has 0 bridgehead atoms. The van der Waals surface area contributed by atoms with Crippen molar-refractivity contribution in [3.05, 3.63) is 86.2 Å². The van der Waals surface area contributed by atoms with Gasteiger partial charge in [0.1, 0.15) is 0 Å². The molecule has 0 aliphatic carbocycles. The van der Waals surface area contributed by atoms with Crippen molar-refractivity contribution < 1.29 is 19.1 Å². The van der Waals surface area contributed by atoms with Crippen LogP contribution in [0.4, 0.5) is 11.4 Å². The number of anilines is 2. The van der Waals surface area contributed by atoms with Crippen LogP contribution in [0.2, 0.25) is 15.1 Å². The van der Waals surface area contributed by atoms with Crippen LogP contribution in [0.1, 0.15) is 5.56 Å². The van der Waals surface area contributed by atoms with E-state index in [0.29, 0.717) is 52.7 Å². The van der Waals surface area contributed by atoms with Gasteiger partial charge >= 0.3 is 0 Å². The Hall–Kier alpha value is -2.75. The van der Waals surface area contributed by atoms with Crippen LogP contribution in [0.3, 0.4) is 0 Å². The molecule has 0 saturated carbocycles. The van der Waals surface area contributed by atoms with Crippen molar-refractivity contribution in [2.24, 2.45) is 0 Å². The Morgan fingerprint density at radius 3 is 2.47 bits per heavy atom. The molecule has 0 spiro atoms. The van der Waals surface area contributed by atoms with E-state index in [1.807, 2.05) is 0 Å². The normalized spacial score (nSPS) is 14.3. The van der Waals surface area contributed by atoms with Crippen molar-refractivity contribution >= 4 is 92.4 Å². The van der Waals surface area contributed by atoms with Crippen LogP contribution in [0.15, 0.2) is 65.6 Å². The van der Waals surface area contributed by atoms with Crippen molar-refractivity contribution in [2.75, 3.05) is 23.9 Å². The van der Waals surface area contributed by atoms with Gasteiger partial charge in [-0.2, -0.15) is 0 Å². The molecule has 4 rings (SSSR count). The molecule has 0 atom stereocenters. The monoisotopic (exact) mass is 578 g/mol. The summed E-state index contributed by atoms with van der Waals surface area (Å²) in [6, 6.07) is 16.8. The smallest absolute Gasteiger partial charge is 0.270 e. The first kappa shape index (κ1) is 26.3. The maximum atomic E-state index is 13.1. The minimum absolute atomic E-state index is 0.222. The molecule has 3 aromatic rings. The fourth-order valence-corrected chi connectivity index (χ4v) is 4.95. The maximum absolute atomic E-state index is 13.1. The quantitative estimate of drug-likeness (QED) is 0.238. The minimum Gasteiger partial charge on any atom is -0.493 e. The summed E-state index contributed by atoms with van der Waals surface area (Å²) in [5.74, 6) is 0.170. The van der Waals surface area contributed by atoms with Gasteiger partial charge in [-0.25, -0.2) is 0 Å². The van der Waals surface area contributed by atoms with Gasteiger partial charge in [0.2, 0.25) is 0 Å². The zero-order chi connectivity index (χ0) is 25.8. The number of ether oxygens (including phenoxy) is 2. The summed E-state index contributed by atoms with van der Waals surface area (Å²) in [6.07, 6.45) is 1.70. The Morgan fingerprint density at radius 2 is 1.78 bits per heavy atom. The standard InChI is InChI=1S/C25H17Cl3N2O4S2/c1-33-21-10-14(2-9-20(21)34-13-23(31)29-16-5-3-15(26)4-6-16)11-22-24(32)30(25(35)36-22)17-7-8-18(27)19(28)12-17/h2-12H,13H2,1H3,(H,29,31)/b22-11-. The SMILES string of the molecule is COc1cc(/C=C2\SC(=S)N(c3ccc(Cl)c(Cl)c3)C2=O)ccc1OCC(=O)Nc1ccc(Cl)cc1. The van der Waals surface area contributed by atoms with Gasteiger partial charge in [-0.3, -0.25) is 14.5 Å². The van der Waals surface area contributed by atoms with Gasteiger partial charge in [-0.05, 0) is 66.2 Å². The van der Waals surface area contributed by atoms with E-state index in [9.17, 15) is 9.59 Å². The molecule has 1 N–H and O–H groups in total. The van der Waals surface area contributed by atoms with Gasteiger partial charge in [0, 0.05) is 10.7 Å². The Kier molecular flexibility index (Phi) is 8.43. The van der Waals surface area contributed by atoms with Crippen LogP contribution >= 0.6 is 58.8 Å². The molecule has 0 radical (unpaired) electrons. The molecule has 1 aliphatic heterocycles. The van der Waals surface area contributed by atoms with Crippen LogP contribution in [0.5, 0.6) is 11.5 Å². The van der Waals surface area contributed by atoms with E-state index in [1.165, 1.54) is 23.8 Å². The van der Waals surface area contributed by atoms with Gasteiger partial charge in [0.15, 0.2) is 22.4 Å². The van der Waals surface area contributed by atoms with Gasteiger partial charge in [-0.15, -0.1) is 0 Å². The fraction of sp³-hybridized carbons (Fsp3) is 0.0800. The molecule has 1 heterocycles. The number of thiocarbonyl (C=S) groups is 1. The largest absolute Gasteiger partial charge is 0.493 e. The van der Waals surface area contributed by atoms with Crippen molar-refractivity contribution in [1.82, 2.24) is 0 Å². The molecule has 36 heavy (non-hydrogen) atoms. The number of hydrogen-bond donors (Lipinski definition) is 1. The number of carbonyl (C=O) groups excluding carboxylic acids is 2. The zero-order valence-electron chi connectivity index (χ0n) is 18.6. The number of halogens is 3. The van der Waals surface area contributed by atoms with Crippen LogP contribution in [-0.4, -0.2) is 29.9 Å². The van der Waals surface area contributed by atoms with E-state index >= 15 is 0 Å². The van der Waals surface area contributed by atoms with Crippen LogP contribution in [-0.2, 0) is 9.59 Å². The number of rotatable bonds is 7. The lowest BCUT2D eigenvalue weighted by molar-refractivity contribution is -0.118. The van der Waals surface area contributed by atoms with Crippen LogP contribution in [0.25, 0.3) is 6.08 Å². The highest BCUT2D eigenvalue weighted by Crippen LogP contribution is 2.38. The second-order valence-electron chi connectivity index (χ2n) is 7.37. The number of methoxy groups -OCH3 is 1. The summed E-state index contributed by atoms with van der Waals surface area (Å²) in [5, 5.41) is 4.01. The van der Waals surface area contributed by atoms with Crippen molar-refractivity contribution in [1.29, 1.82) is 0 Å². The summed E-state index contributed by atoms with van der Waals surface area (Å²) < 4.78 is 11.4. The van der Waals surface area contributed by atoms with Gasteiger partial charge in [-0.1, -0.05) is 64.8 Å². The Bertz CT molecular complexity index is 1380. The van der Waals surface area contributed by atoms with Crippen molar-refractivity contribution in [3.8, 4) is 11.5 Å². The lowest BCUT2D eigenvalue weighted by Gasteiger charge is -2.15. The number of nitrogens with zero attached hydrogens (tertiary/aromatic N) is 1. The molecular weight excluding hydrogens is 563 g/mol. The molecule has 11 heteroatoms. The van der Waals surface area contributed by atoms with Crippen LogP contribution in [0, 0.1) is 0 Å². The number of nitrogens with one attached hydrogen (secondary N) is 1. The number of thioether (sulfide) groups is 1. The van der Waals surface area contributed by atoms with E-state index in [-0.39, 0.29) is 18.4 Å². The topological polar surface area (TPSA) is 67.9 Å². The van der Waals surface area contributed by atoms with E-state index in [1.54, 1.807) is 66.7 Å². The number of hydrogen-bond acceptors (Lipinski definition) is 6. The lowest BCUT2D eigenvalue weighted by atomic mass is 10.2. The predicted molar refractivity (Wildman–Crippen MR) is 151 cm³/mol. The summed E-state index contributed by atoms with van der Waals surface area (Å²) in [5.41, 5.74) is 1.83. The van der Waals surface area contributed by atoms with Gasteiger partial charge < -0.3 is 14.8 Å². The summed E-state index contributed by atoms with van der Waals surface area (Å²) in [7, 11) is 1.49. The molecule has 1 saturated heterocycles. The molecule has 2 amide bonds. The molecule has 0 unspecified atom stereocenters. The maximum Gasteiger partial charge on any atom is 0.270 e. The van der Waals surface area contributed by atoms with E-state index < -0.39 is 0 Å². The third-order valence-corrected chi connectivity index (χ3v) is 7.22. The highest BCUT2D eigenvalue weighted by atomic mass is 35.5. The molecule has 1 aliphatic rings. The number of amides is 2. The molecule has 184 valence electrons. The van der Waals surface area contributed by atoms with Gasteiger partial charge in [0.05, 0.1) is 27.7 Å². The Labute approximate surface area is 232 Å². The molecular formula is C25H17Cl3N2O4S2. The second-order valence-corrected chi connectivity index (χ2v) is 10.3. The molecule has 6 nitrogen and oxygen atoms in total. The highest BCUT2D eigenvalue weighted by Gasteiger charge is 2.33. The zero-order valence-corrected chi connectivity index (χ0v) is 22.5. The van der Waals surface area contributed by atoms with E-state index in [2.05, 4.69) is 5.32 Å². The summed E-state index contributed by atoms with van der Waals surface area (Å²) >= 11 is 24.5. The molecule has 0 aromatic heterocycles. The van der Waals surface area contributed by atoms with Gasteiger partial charge in [0.25, 0.3) is 11.8 Å². The molecule has 1 fully saturated rings.